The molecule has 0 saturated carbocycles. The van der Waals surface area contributed by atoms with Crippen molar-refractivity contribution in [3.8, 4) is 5.75 Å². The van der Waals surface area contributed by atoms with Gasteiger partial charge in [-0.25, -0.2) is 0 Å². The van der Waals surface area contributed by atoms with E-state index in [1.54, 1.807) is 18.5 Å². The topological polar surface area (TPSA) is 65.2 Å². The van der Waals surface area contributed by atoms with Gasteiger partial charge in [-0.15, -0.1) is 0 Å². The zero-order valence-corrected chi connectivity index (χ0v) is 10.7. The van der Waals surface area contributed by atoms with Crippen molar-refractivity contribution in [2.75, 3.05) is 13.2 Å². The van der Waals surface area contributed by atoms with Crippen LogP contribution in [0.25, 0.3) is 0 Å². The van der Waals surface area contributed by atoms with E-state index in [4.69, 9.17) is 10.5 Å². The molecule has 0 atom stereocenters. The zero-order valence-electron chi connectivity index (χ0n) is 10.7. The monoisotopic (exact) mass is 236 g/mol. The average Bonchev–Trinajstić information content (AvgIpc) is 2.35. The Kier molecular flexibility index (Phi) is 4.63. The summed E-state index contributed by atoms with van der Waals surface area (Å²) in [4.78, 5) is 16.2. The highest BCUT2D eigenvalue weighted by molar-refractivity contribution is 6.00. The summed E-state index contributed by atoms with van der Waals surface area (Å²) < 4.78 is 5.45. The quantitative estimate of drug-likeness (QED) is 0.768. The van der Waals surface area contributed by atoms with E-state index in [0.29, 0.717) is 24.5 Å². The van der Waals surface area contributed by atoms with Crippen LogP contribution in [0.3, 0.4) is 0 Å². The molecule has 0 aliphatic rings. The first-order valence-corrected chi connectivity index (χ1v) is 5.84. The van der Waals surface area contributed by atoms with Crippen LogP contribution in [0, 0.1) is 5.41 Å². The van der Waals surface area contributed by atoms with E-state index in [-0.39, 0.29) is 5.78 Å². The molecule has 0 spiro atoms. The predicted octanol–water partition coefficient (Wildman–Crippen LogP) is 2.04. The molecule has 1 heterocycles. The molecule has 0 aromatic carbocycles. The number of hydrogen-bond donors (Lipinski definition) is 1. The third-order valence-electron chi connectivity index (χ3n) is 2.57. The highest BCUT2D eigenvalue weighted by atomic mass is 16.5. The minimum Gasteiger partial charge on any atom is -0.492 e. The van der Waals surface area contributed by atoms with Crippen LogP contribution in [-0.4, -0.2) is 23.9 Å². The van der Waals surface area contributed by atoms with Gasteiger partial charge in [0.05, 0.1) is 12.8 Å². The molecule has 1 rings (SSSR count). The molecule has 0 aliphatic heterocycles. The number of carbonyl (C=O) groups excluding carboxylic acids is 1. The first kappa shape index (κ1) is 13.6. The van der Waals surface area contributed by atoms with E-state index < -0.39 is 5.41 Å². The lowest BCUT2D eigenvalue weighted by atomic mass is 9.85. The molecular weight excluding hydrogens is 216 g/mol. The average molecular weight is 236 g/mol. The third-order valence-corrected chi connectivity index (χ3v) is 2.57. The maximum atomic E-state index is 12.1. The zero-order chi connectivity index (χ0) is 12.9. The lowest BCUT2D eigenvalue weighted by molar-refractivity contribution is 0.0846. The Bertz CT molecular complexity index is 389. The Morgan fingerprint density at radius 2 is 2.18 bits per heavy atom. The fourth-order valence-electron chi connectivity index (χ4n) is 1.33. The Morgan fingerprint density at radius 3 is 2.76 bits per heavy atom. The summed E-state index contributed by atoms with van der Waals surface area (Å²) in [7, 11) is 0. The van der Waals surface area contributed by atoms with Crippen molar-refractivity contribution >= 4 is 5.78 Å². The van der Waals surface area contributed by atoms with Crippen LogP contribution < -0.4 is 10.5 Å². The van der Waals surface area contributed by atoms with Gasteiger partial charge in [0.1, 0.15) is 5.75 Å². The van der Waals surface area contributed by atoms with Crippen molar-refractivity contribution in [3.63, 3.8) is 0 Å². The number of carbonyl (C=O) groups is 1. The van der Waals surface area contributed by atoms with Crippen molar-refractivity contribution in [1.29, 1.82) is 0 Å². The number of hydrogen-bond acceptors (Lipinski definition) is 4. The minimum absolute atomic E-state index is 0.00514. The maximum absolute atomic E-state index is 12.1. The molecule has 17 heavy (non-hydrogen) atoms. The van der Waals surface area contributed by atoms with E-state index in [0.717, 1.165) is 6.42 Å². The molecule has 0 saturated heterocycles. The normalized spacial score (nSPS) is 11.3. The van der Waals surface area contributed by atoms with Gasteiger partial charge in [0, 0.05) is 23.7 Å². The summed E-state index contributed by atoms with van der Waals surface area (Å²) >= 11 is 0. The molecule has 2 N–H and O–H groups in total. The number of aromatic nitrogens is 1. The van der Waals surface area contributed by atoms with Gasteiger partial charge in [0.25, 0.3) is 0 Å². The van der Waals surface area contributed by atoms with Crippen LogP contribution >= 0.6 is 0 Å². The molecule has 0 radical (unpaired) electrons. The van der Waals surface area contributed by atoms with Gasteiger partial charge in [-0.3, -0.25) is 9.78 Å². The number of nitrogens with zero attached hydrogens (tertiary/aromatic N) is 1. The van der Waals surface area contributed by atoms with Crippen molar-refractivity contribution in [2.45, 2.75) is 27.2 Å². The van der Waals surface area contributed by atoms with Crippen LogP contribution in [0.1, 0.15) is 37.6 Å². The number of pyridine rings is 1. The fraction of sp³-hybridized carbons (Fsp3) is 0.538. The molecule has 4 heteroatoms. The Balaban J connectivity index is 2.88. The number of ketones is 1. The molecule has 0 aliphatic carbocycles. The summed E-state index contributed by atoms with van der Waals surface area (Å²) in [5, 5.41) is 0. The van der Waals surface area contributed by atoms with Gasteiger partial charge in [-0.2, -0.15) is 0 Å². The minimum atomic E-state index is -0.564. The second kappa shape index (κ2) is 5.77. The van der Waals surface area contributed by atoms with Crippen molar-refractivity contribution in [3.05, 3.63) is 24.0 Å². The lowest BCUT2D eigenvalue weighted by Crippen LogP contribution is -2.32. The fourth-order valence-corrected chi connectivity index (χ4v) is 1.33. The van der Waals surface area contributed by atoms with Gasteiger partial charge < -0.3 is 10.5 Å². The third kappa shape index (κ3) is 3.53. The van der Waals surface area contributed by atoms with Crippen LogP contribution in [0.2, 0.25) is 0 Å². The van der Waals surface area contributed by atoms with Gasteiger partial charge in [0.2, 0.25) is 0 Å². The second-order valence-electron chi connectivity index (χ2n) is 4.67. The molecule has 0 fully saturated rings. The molecule has 0 amide bonds. The van der Waals surface area contributed by atoms with E-state index in [1.807, 2.05) is 20.8 Å². The number of ether oxygens (including phenoxy) is 1. The largest absolute Gasteiger partial charge is 0.492 e. The Labute approximate surface area is 102 Å². The Hall–Kier alpha value is -1.42. The van der Waals surface area contributed by atoms with Crippen LogP contribution in [-0.2, 0) is 0 Å². The van der Waals surface area contributed by atoms with Crippen LogP contribution in [0.15, 0.2) is 18.5 Å². The van der Waals surface area contributed by atoms with E-state index in [1.165, 1.54) is 0 Å². The van der Waals surface area contributed by atoms with Crippen molar-refractivity contribution in [1.82, 2.24) is 4.98 Å². The molecule has 1 aromatic heterocycles. The van der Waals surface area contributed by atoms with Gasteiger partial charge in [0.15, 0.2) is 5.78 Å². The van der Waals surface area contributed by atoms with Crippen molar-refractivity contribution < 1.29 is 9.53 Å². The number of nitrogens with two attached hydrogens (primary N) is 1. The highest BCUT2D eigenvalue weighted by Crippen LogP contribution is 2.22. The molecule has 94 valence electrons. The lowest BCUT2D eigenvalue weighted by Gasteiger charge is -2.20. The van der Waals surface area contributed by atoms with E-state index >= 15 is 0 Å². The maximum Gasteiger partial charge on any atom is 0.171 e. The highest BCUT2D eigenvalue weighted by Gasteiger charge is 2.27. The first-order valence-electron chi connectivity index (χ1n) is 5.84. The number of rotatable bonds is 6. The van der Waals surface area contributed by atoms with Gasteiger partial charge >= 0.3 is 0 Å². The van der Waals surface area contributed by atoms with E-state index in [2.05, 4.69) is 4.98 Å². The van der Waals surface area contributed by atoms with Gasteiger partial charge in [-0.1, -0.05) is 20.8 Å². The molecule has 0 bridgehead atoms. The summed E-state index contributed by atoms with van der Waals surface area (Å²) in [6, 6.07) is 1.72. The number of Topliss-reactive ketones (excluding diaryl/α,β-unsaturated/α-hetero) is 1. The van der Waals surface area contributed by atoms with Crippen LogP contribution in [0.5, 0.6) is 5.75 Å². The second-order valence-corrected chi connectivity index (χ2v) is 4.67. The molecular formula is C13H20N2O2. The predicted molar refractivity (Wildman–Crippen MR) is 67.2 cm³/mol. The van der Waals surface area contributed by atoms with Crippen molar-refractivity contribution in [2.24, 2.45) is 11.1 Å². The smallest absolute Gasteiger partial charge is 0.171 e. The SMILES string of the molecule is CCCOc1cncc(C(=O)C(C)(C)CN)c1. The van der Waals surface area contributed by atoms with Gasteiger partial charge in [-0.05, 0) is 12.5 Å². The summed E-state index contributed by atoms with van der Waals surface area (Å²) in [6.45, 7) is 6.62. The van der Waals surface area contributed by atoms with Crippen LogP contribution in [0.4, 0.5) is 0 Å². The standard InChI is InChI=1S/C13H20N2O2/c1-4-5-17-11-6-10(7-15-8-11)12(16)13(2,3)9-14/h6-8H,4-5,9,14H2,1-3H3. The molecule has 4 nitrogen and oxygen atoms in total. The summed E-state index contributed by atoms with van der Waals surface area (Å²) in [6.07, 6.45) is 4.09. The molecule has 0 unspecified atom stereocenters. The summed E-state index contributed by atoms with van der Waals surface area (Å²) in [5.41, 5.74) is 5.58. The van der Waals surface area contributed by atoms with E-state index in [9.17, 15) is 4.79 Å². The summed E-state index contributed by atoms with van der Waals surface area (Å²) in [5.74, 6) is 0.625. The Morgan fingerprint density at radius 1 is 1.47 bits per heavy atom. The first-order chi connectivity index (χ1) is 8.01. The molecule has 1 aromatic rings.